The van der Waals surface area contributed by atoms with Crippen LogP contribution in [0, 0.1) is 0 Å². The molecule has 0 spiro atoms. The van der Waals surface area contributed by atoms with Gasteiger partial charge in [0.15, 0.2) is 0 Å². The number of amidine groups is 1. The summed E-state index contributed by atoms with van der Waals surface area (Å²) in [7, 11) is -2.40. The molecule has 8 nitrogen and oxygen atoms in total. The predicted octanol–water partition coefficient (Wildman–Crippen LogP) is 1.69. The number of methoxy groups -OCH3 is 1. The van der Waals surface area contributed by atoms with E-state index >= 15 is 0 Å². The van der Waals surface area contributed by atoms with Crippen molar-refractivity contribution in [2.75, 3.05) is 38.6 Å². The van der Waals surface area contributed by atoms with Crippen molar-refractivity contribution in [3.8, 4) is 5.75 Å². The van der Waals surface area contributed by atoms with Crippen molar-refractivity contribution in [1.82, 2.24) is 10.2 Å². The summed E-state index contributed by atoms with van der Waals surface area (Å²) in [5.41, 5.74) is 0.541. The van der Waals surface area contributed by atoms with E-state index in [4.69, 9.17) is 4.74 Å². The van der Waals surface area contributed by atoms with Crippen LogP contribution in [0.3, 0.4) is 0 Å². The zero-order valence-corrected chi connectivity index (χ0v) is 16.4. The summed E-state index contributed by atoms with van der Waals surface area (Å²) in [6.45, 7) is 8.90. The highest BCUT2D eigenvalue weighted by Gasteiger charge is 2.28. The molecule has 1 heterocycles. The number of hydrogen-bond donors (Lipinski definition) is 2. The van der Waals surface area contributed by atoms with Crippen LogP contribution in [-0.2, 0) is 10.0 Å². The Morgan fingerprint density at radius 2 is 1.96 bits per heavy atom. The van der Waals surface area contributed by atoms with E-state index in [-0.39, 0.29) is 16.4 Å². The maximum atomic E-state index is 12.5. The number of sulfonamides is 1. The fraction of sp³-hybridized carbons (Fsp3) is 0.529. The van der Waals surface area contributed by atoms with Crippen LogP contribution in [0.5, 0.6) is 5.75 Å². The van der Waals surface area contributed by atoms with Gasteiger partial charge in [-0.15, -0.1) is 4.40 Å². The lowest BCUT2D eigenvalue weighted by Gasteiger charge is -2.21. The van der Waals surface area contributed by atoms with Crippen LogP contribution in [0.2, 0.25) is 0 Å². The summed E-state index contributed by atoms with van der Waals surface area (Å²) in [6.07, 6.45) is 0.453. The molecule has 9 heteroatoms. The van der Waals surface area contributed by atoms with Gasteiger partial charge in [-0.25, -0.2) is 0 Å². The number of rotatable bonds is 8. The quantitative estimate of drug-likeness (QED) is 0.710. The van der Waals surface area contributed by atoms with Gasteiger partial charge in [0, 0.05) is 25.6 Å². The third kappa shape index (κ3) is 4.34. The lowest BCUT2D eigenvalue weighted by atomic mass is 10.1. The number of hydrogen-bond acceptors (Lipinski definition) is 6. The van der Waals surface area contributed by atoms with Gasteiger partial charge in [0.25, 0.3) is 15.9 Å². The summed E-state index contributed by atoms with van der Waals surface area (Å²) in [5.74, 6) is 0.289. The molecule has 0 unspecified atom stereocenters. The van der Waals surface area contributed by atoms with Gasteiger partial charge >= 0.3 is 0 Å². The molecule has 1 aromatic carbocycles. The summed E-state index contributed by atoms with van der Waals surface area (Å²) in [5, 5.41) is 5.78. The second kappa shape index (κ2) is 8.50. The van der Waals surface area contributed by atoms with E-state index in [1.54, 1.807) is 6.92 Å². The first-order chi connectivity index (χ1) is 12.4. The molecule has 0 fully saturated rings. The number of carbonyl (C=O) groups excluding carboxylic acids is 1. The van der Waals surface area contributed by atoms with Crippen LogP contribution >= 0.6 is 0 Å². The van der Waals surface area contributed by atoms with E-state index in [0.717, 1.165) is 19.6 Å². The number of likely N-dealkylation sites (N-methyl/N-ethyl adjacent to an activating group) is 1. The maximum Gasteiger partial charge on any atom is 0.286 e. The Morgan fingerprint density at radius 1 is 1.27 bits per heavy atom. The molecule has 0 radical (unpaired) electrons. The van der Waals surface area contributed by atoms with E-state index in [0.29, 0.717) is 30.2 Å². The Bertz CT molecular complexity index is 801. The normalized spacial score (nSPS) is 15.0. The number of anilines is 1. The van der Waals surface area contributed by atoms with E-state index in [9.17, 15) is 13.2 Å². The minimum Gasteiger partial charge on any atom is -0.496 e. The number of amides is 1. The van der Waals surface area contributed by atoms with Gasteiger partial charge in [0.05, 0.1) is 18.4 Å². The van der Waals surface area contributed by atoms with Gasteiger partial charge in [0.1, 0.15) is 16.5 Å². The van der Waals surface area contributed by atoms with Gasteiger partial charge in [-0.2, -0.15) is 8.42 Å². The van der Waals surface area contributed by atoms with Crippen molar-refractivity contribution in [3.05, 3.63) is 17.7 Å². The Kier molecular flexibility index (Phi) is 6.60. The van der Waals surface area contributed by atoms with Gasteiger partial charge < -0.3 is 20.3 Å². The highest BCUT2D eigenvalue weighted by Crippen LogP contribution is 2.34. The van der Waals surface area contributed by atoms with Gasteiger partial charge in [-0.05, 0) is 19.2 Å². The summed E-state index contributed by atoms with van der Waals surface area (Å²) in [6, 6.07) is 2.84. The molecule has 2 N–H and O–H groups in total. The van der Waals surface area contributed by atoms with Crippen LogP contribution in [0.4, 0.5) is 5.69 Å². The first kappa shape index (κ1) is 20.2. The maximum absolute atomic E-state index is 12.5. The van der Waals surface area contributed by atoms with E-state index in [1.807, 2.05) is 0 Å². The molecule has 0 aliphatic carbocycles. The van der Waals surface area contributed by atoms with Gasteiger partial charge in [-0.3, -0.25) is 4.79 Å². The minimum atomic E-state index is -3.84. The van der Waals surface area contributed by atoms with Crippen LogP contribution in [0.25, 0.3) is 0 Å². The van der Waals surface area contributed by atoms with Crippen LogP contribution in [-0.4, -0.2) is 58.3 Å². The topological polar surface area (TPSA) is 100 Å². The first-order valence-electron chi connectivity index (χ1n) is 8.69. The average molecular weight is 382 g/mol. The highest BCUT2D eigenvalue weighted by molar-refractivity contribution is 7.90. The number of nitrogens with zero attached hydrogens (tertiary/aromatic N) is 2. The van der Waals surface area contributed by atoms with E-state index < -0.39 is 10.0 Å². The lowest BCUT2D eigenvalue weighted by Crippen LogP contribution is -2.35. The Balaban J connectivity index is 2.27. The molecule has 0 aromatic heterocycles. The predicted molar refractivity (Wildman–Crippen MR) is 102 cm³/mol. The van der Waals surface area contributed by atoms with Crippen molar-refractivity contribution < 1.29 is 17.9 Å². The molecule has 0 saturated carbocycles. The Morgan fingerprint density at radius 3 is 2.54 bits per heavy atom. The number of nitrogens with one attached hydrogen (secondary N) is 2. The molecule has 1 amide bonds. The smallest absolute Gasteiger partial charge is 0.286 e. The first-order valence-corrected chi connectivity index (χ1v) is 10.1. The van der Waals surface area contributed by atoms with Crippen molar-refractivity contribution in [1.29, 1.82) is 0 Å². The van der Waals surface area contributed by atoms with E-state index in [2.05, 4.69) is 33.8 Å². The second-order valence-corrected chi connectivity index (χ2v) is 7.40. The zero-order valence-electron chi connectivity index (χ0n) is 15.6. The van der Waals surface area contributed by atoms with Crippen molar-refractivity contribution in [3.63, 3.8) is 0 Å². The molecule has 2 rings (SSSR count). The van der Waals surface area contributed by atoms with Crippen molar-refractivity contribution in [2.24, 2.45) is 4.40 Å². The monoisotopic (exact) mass is 382 g/mol. The summed E-state index contributed by atoms with van der Waals surface area (Å²) in [4.78, 5) is 14.7. The third-order valence-corrected chi connectivity index (χ3v) is 5.63. The Labute approximate surface area is 154 Å². The Hall–Kier alpha value is -2.13. The molecule has 0 saturated heterocycles. The summed E-state index contributed by atoms with van der Waals surface area (Å²) < 4.78 is 33.8. The lowest BCUT2D eigenvalue weighted by molar-refractivity contribution is 0.0945. The molecule has 26 heavy (non-hydrogen) atoms. The average Bonchev–Trinajstić information content (AvgIpc) is 2.63. The second-order valence-electron chi connectivity index (χ2n) is 5.82. The van der Waals surface area contributed by atoms with Crippen LogP contribution in [0.15, 0.2) is 21.4 Å². The molecule has 1 aliphatic heterocycles. The minimum absolute atomic E-state index is 0.0237. The van der Waals surface area contributed by atoms with E-state index in [1.165, 1.54) is 19.2 Å². The third-order valence-electron chi connectivity index (χ3n) is 4.28. The molecule has 1 aliphatic rings. The fourth-order valence-corrected chi connectivity index (χ4v) is 3.92. The van der Waals surface area contributed by atoms with Crippen LogP contribution in [0.1, 0.15) is 37.6 Å². The number of carbonyl (C=O) groups is 1. The number of benzene rings is 1. The molecule has 0 atom stereocenters. The van der Waals surface area contributed by atoms with Crippen LogP contribution < -0.4 is 15.4 Å². The number of ether oxygens (including phenoxy) is 1. The van der Waals surface area contributed by atoms with Gasteiger partial charge in [0.2, 0.25) is 0 Å². The number of fused-ring (bicyclic) bond motifs is 1. The SMILES string of the molecule is CCC1=NS(=O)(=O)c2cc(C(=O)NCCN(CC)CC)c(OC)cc2N1. The fourth-order valence-electron chi connectivity index (χ4n) is 2.71. The molecule has 144 valence electrons. The summed E-state index contributed by atoms with van der Waals surface area (Å²) >= 11 is 0. The van der Waals surface area contributed by atoms with Crippen molar-refractivity contribution >= 4 is 27.5 Å². The largest absolute Gasteiger partial charge is 0.496 e. The zero-order chi connectivity index (χ0) is 19.3. The molecular weight excluding hydrogens is 356 g/mol. The molecule has 1 aromatic rings. The van der Waals surface area contributed by atoms with Crippen molar-refractivity contribution in [2.45, 2.75) is 32.1 Å². The standard InChI is InChI=1S/C17H26N4O4S/c1-5-16-19-13-11-14(25-4)12(10-15(13)26(23,24)20-16)17(22)18-8-9-21(6-2)7-3/h10-11H,5-9H2,1-4H3,(H,18,22)(H,19,20). The molecular formula is C17H26N4O4S. The molecule has 0 bridgehead atoms. The highest BCUT2D eigenvalue weighted by atomic mass is 32.2. The van der Waals surface area contributed by atoms with Gasteiger partial charge in [-0.1, -0.05) is 20.8 Å².